The van der Waals surface area contributed by atoms with Crippen LogP contribution in [0.2, 0.25) is 0 Å². The van der Waals surface area contributed by atoms with E-state index in [0.29, 0.717) is 12.5 Å². The van der Waals surface area contributed by atoms with Crippen LogP contribution >= 0.6 is 0 Å². The predicted molar refractivity (Wildman–Crippen MR) is 68.5 cm³/mol. The molecule has 0 atom stereocenters. The maximum Gasteiger partial charge on any atom is 0.315 e. The fourth-order valence-electron chi connectivity index (χ4n) is 1.46. The maximum absolute atomic E-state index is 11.4. The Balaban J connectivity index is 2.09. The van der Waals surface area contributed by atoms with Gasteiger partial charge in [0.1, 0.15) is 0 Å². The topological polar surface area (TPSA) is 54.0 Å². The Morgan fingerprint density at radius 2 is 2.00 bits per heavy atom. The summed E-state index contributed by atoms with van der Waals surface area (Å²) in [5.41, 5.74) is 1.05. The van der Waals surface area contributed by atoms with Crippen molar-refractivity contribution in [3.63, 3.8) is 0 Å². The van der Waals surface area contributed by atoms with E-state index in [1.807, 2.05) is 12.1 Å². The average Bonchev–Trinajstić information content (AvgIpc) is 2.33. The third-order valence-corrected chi connectivity index (χ3v) is 2.45. The monoisotopic (exact) mass is 235 g/mol. The number of carbonyl (C=O) groups is 1. The largest absolute Gasteiger partial charge is 0.338 e. The van der Waals surface area contributed by atoms with Gasteiger partial charge in [0, 0.05) is 25.5 Å². The predicted octanol–water partition coefficient (Wildman–Crippen LogP) is 2.32. The smallest absolute Gasteiger partial charge is 0.315 e. The summed E-state index contributed by atoms with van der Waals surface area (Å²) >= 11 is 0. The van der Waals surface area contributed by atoms with Crippen LogP contribution in [0.15, 0.2) is 24.5 Å². The second-order valence-corrected chi connectivity index (χ2v) is 4.50. The lowest BCUT2D eigenvalue weighted by Crippen LogP contribution is -2.35. The first-order chi connectivity index (χ1) is 8.18. The van der Waals surface area contributed by atoms with Gasteiger partial charge in [-0.15, -0.1) is 0 Å². The molecule has 1 aromatic heterocycles. The first kappa shape index (κ1) is 13.5. The number of urea groups is 1. The summed E-state index contributed by atoms with van der Waals surface area (Å²) in [7, 11) is 0. The average molecular weight is 235 g/mol. The van der Waals surface area contributed by atoms with Gasteiger partial charge < -0.3 is 10.6 Å². The van der Waals surface area contributed by atoms with Gasteiger partial charge in [-0.2, -0.15) is 0 Å². The Labute approximate surface area is 103 Å². The molecule has 1 aromatic rings. The van der Waals surface area contributed by atoms with Crippen LogP contribution in [0.25, 0.3) is 0 Å². The number of hydrogen-bond acceptors (Lipinski definition) is 2. The molecule has 1 rings (SSSR count). The van der Waals surface area contributed by atoms with Gasteiger partial charge in [-0.25, -0.2) is 4.79 Å². The number of rotatable bonds is 6. The molecular weight excluding hydrogens is 214 g/mol. The van der Waals surface area contributed by atoms with Crippen molar-refractivity contribution >= 4 is 6.03 Å². The molecule has 0 unspecified atom stereocenters. The molecule has 0 aromatic carbocycles. The van der Waals surface area contributed by atoms with Crippen molar-refractivity contribution in [3.05, 3.63) is 30.1 Å². The lowest BCUT2D eigenvalue weighted by molar-refractivity contribution is 0.240. The Kier molecular flexibility index (Phi) is 6.07. The van der Waals surface area contributed by atoms with Gasteiger partial charge in [-0.1, -0.05) is 13.8 Å². The summed E-state index contributed by atoms with van der Waals surface area (Å²) in [5, 5.41) is 5.65. The van der Waals surface area contributed by atoms with E-state index in [0.717, 1.165) is 24.9 Å². The van der Waals surface area contributed by atoms with Gasteiger partial charge in [0.15, 0.2) is 0 Å². The Morgan fingerprint density at radius 3 is 2.65 bits per heavy atom. The highest BCUT2D eigenvalue weighted by molar-refractivity contribution is 5.73. The molecule has 1 heterocycles. The van der Waals surface area contributed by atoms with E-state index in [2.05, 4.69) is 29.5 Å². The first-order valence-electron chi connectivity index (χ1n) is 6.09. The van der Waals surface area contributed by atoms with Crippen LogP contribution in [0.3, 0.4) is 0 Å². The summed E-state index contributed by atoms with van der Waals surface area (Å²) in [6.45, 7) is 5.64. The minimum atomic E-state index is -0.106. The standard InChI is InChI=1S/C13H21N3O/c1-11(2)4-3-7-15-13(17)16-10-12-5-8-14-9-6-12/h5-6,8-9,11H,3-4,7,10H2,1-2H3,(H2,15,16,17). The molecule has 94 valence electrons. The summed E-state index contributed by atoms with van der Waals surface area (Å²) in [6, 6.07) is 3.67. The molecule has 0 bridgehead atoms. The molecular formula is C13H21N3O. The summed E-state index contributed by atoms with van der Waals surface area (Å²) in [5.74, 6) is 0.691. The van der Waals surface area contributed by atoms with Crippen LogP contribution in [-0.4, -0.2) is 17.6 Å². The second kappa shape index (κ2) is 7.65. The minimum absolute atomic E-state index is 0.106. The van der Waals surface area contributed by atoms with Crippen LogP contribution in [0, 0.1) is 5.92 Å². The third-order valence-electron chi connectivity index (χ3n) is 2.45. The van der Waals surface area contributed by atoms with Gasteiger partial charge in [-0.05, 0) is 36.5 Å². The number of pyridine rings is 1. The first-order valence-corrected chi connectivity index (χ1v) is 6.09. The van der Waals surface area contributed by atoms with Crippen LogP contribution in [0.5, 0.6) is 0 Å². The highest BCUT2D eigenvalue weighted by Crippen LogP contribution is 2.01. The molecule has 0 aliphatic carbocycles. The molecule has 0 aliphatic heterocycles. The highest BCUT2D eigenvalue weighted by atomic mass is 16.2. The van der Waals surface area contributed by atoms with Crippen molar-refractivity contribution < 1.29 is 4.79 Å². The van der Waals surface area contributed by atoms with Crippen LogP contribution in [0.1, 0.15) is 32.3 Å². The Morgan fingerprint density at radius 1 is 1.29 bits per heavy atom. The molecule has 17 heavy (non-hydrogen) atoms. The fraction of sp³-hybridized carbons (Fsp3) is 0.538. The van der Waals surface area contributed by atoms with Crippen LogP contribution in [-0.2, 0) is 6.54 Å². The van der Waals surface area contributed by atoms with Crippen molar-refractivity contribution in [2.45, 2.75) is 33.2 Å². The lowest BCUT2D eigenvalue weighted by Gasteiger charge is -2.08. The molecule has 4 nitrogen and oxygen atoms in total. The second-order valence-electron chi connectivity index (χ2n) is 4.50. The van der Waals surface area contributed by atoms with Gasteiger partial charge >= 0.3 is 6.03 Å². The summed E-state index contributed by atoms with van der Waals surface area (Å²) in [6.07, 6.45) is 5.61. The summed E-state index contributed by atoms with van der Waals surface area (Å²) in [4.78, 5) is 15.3. The Bertz CT molecular complexity index is 325. The minimum Gasteiger partial charge on any atom is -0.338 e. The van der Waals surface area contributed by atoms with Gasteiger partial charge in [0.2, 0.25) is 0 Å². The van der Waals surface area contributed by atoms with Crippen LogP contribution in [0.4, 0.5) is 4.79 Å². The van der Waals surface area contributed by atoms with E-state index in [1.54, 1.807) is 12.4 Å². The number of carbonyl (C=O) groups excluding carboxylic acids is 1. The number of amides is 2. The normalized spacial score (nSPS) is 10.3. The molecule has 0 spiro atoms. The molecule has 4 heteroatoms. The summed E-state index contributed by atoms with van der Waals surface area (Å²) < 4.78 is 0. The zero-order valence-electron chi connectivity index (χ0n) is 10.6. The van der Waals surface area contributed by atoms with E-state index >= 15 is 0 Å². The molecule has 0 fully saturated rings. The molecule has 2 N–H and O–H groups in total. The van der Waals surface area contributed by atoms with E-state index < -0.39 is 0 Å². The van der Waals surface area contributed by atoms with E-state index in [9.17, 15) is 4.79 Å². The fourth-order valence-corrected chi connectivity index (χ4v) is 1.46. The van der Waals surface area contributed by atoms with Crippen molar-refractivity contribution in [3.8, 4) is 0 Å². The molecule has 0 saturated carbocycles. The number of nitrogens with one attached hydrogen (secondary N) is 2. The van der Waals surface area contributed by atoms with Gasteiger partial charge in [-0.3, -0.25) is 4.98 Å². The Hall–Kier alpha value is -1.58. The molecule has 0 saturated heterocycles. The van der Waals surface area contributed by atoms with E-state index in [4.69, 9.17) is 0 Å². The van der Waals surface area contributed by atoms with Crippen molar-refractivity contribution in [1.29, 1.82) is 0 Å². The van der Waals surface area contributed by atoms with E-state index in [1.165, 1.54) is 0 Å². The zero-order chi connectivity index (χ0) is 12.5. The van der Waals surface area contributed by atoms with Crippen molar-refractivity contribution in [1.82, 2.24) is 15.6 Å². The van der Waals surface area contributed by atoms with Crippen molar-refractivity contribution in [2.24, 2.45) is 5.92 Å². The van der Waals surface area contributed by atoms with Crippen LogP contribution < -0.4 is 10.6 Å². The zero-order valence-corrected chi connectivity index (χ0v) is 10.6. The molecule has 0 aliphatic rings. The third kappa shape index (κ3) is 6.56. The van der Waals surface area contributed by atoms with E-state index in [-0.39, 0.29) is 6.03 Å². The number of hydrogen-bond donors (Lipinski definition) is 2. The highest BCUT2D eigenvalue weighted by Gasteiger charge is 2.00. The molecule has 2 amide bonds. The van der Waals surface area contributed by atoms with Crippen molar-refractivity contribution in [2.75, 3.05) is 6.54 Å². The molecule has 0 radical (unpaired) electrons. The number of aromatic nitrogens is 1. The maximum atomic E-state index is 11.4. The lowest BCUT2D eigenvalue weighted by atomic mass is 10.1. The van der Waals surface area contributed by atoms with Gasteiger partial charge in [0.05, 0.1) is 0 Å². The quantitative estimate of drug-likeness (QED) is 0.743. The number of nitrogens with zero attached hydrogens (tertiary/aromatic N) is 1. The SMILES string of the molecule is CC(C)CCCNC(=O)NCc1ccncc1. The van der Waals surface area contributed by atoms with Gasteiger partial charge in [0.25, 0.3) is 0 Å².